The molecule has 12 heteroatoms. The van der Waals surface area contributed by atoms with Crippen molar-refractivity contribution < 1.29 is 9.13 Å². The van der Waals surface area contributed by atoms with Gasteiger partial charge in [0.1, 0.15) is 23.6 Å². The summed E-state index contributed by atoms with van der Waals surface area (Å²) in [6.07, 6.45) is 6.79. The lowest BCUT2D eigenvalue weighted by molar-refractivity contribution is -0.0293. The van der Waals surface area contributed by atoms with Crippen molar-refractivity contribution in [1.29, 1.82) is 5.26 Å². The van der Waals surface area contributed by atoms with Gasteiger partial charge in [-0.15, -0.1) is 5.10 Å². The van der Waals surface area contributed by atoms with Crippen LogP contribution >= 0.6 is 23.2 Å². The van der Waals surface area contributed by atoms with Gasteiger partial charge < -0.3 is 15.4 Å². The van der Waals surface area contributed by atoms with Crippen LogP contribution < -0.4 is 10.6 Å². The van der Waals surface area contributed by atoms with Crippen molar-refractivity contribution in [3.8, 4) is 6.07 Å². The first-order chi connectivity index (χ1) is 19.0. The maximum atomic E-state index is 13.7. The quantitative estimate of drug-likeness (QED) is 0.247. The first-order valence-electron chi connectivity index (χ1n) is 11.9. The molecule has 3 aromatic heterocycles. The number of anilines is 3. The van der Waals surface area contributed by atoms with Gasteiger partial charge in [-0.2, -0.15) is 5.26 Å². The fourth-order valence-corrected chi connectivity index (χ4v) is 4.75. The Balaban J connectivity index is 1.42. The second-order valence-corrected chi connectivity index (χ2v) is 9.76. The molecule has 1 aliphatic rings. The number of pyridine rings is 2. The van der Waals surface area contributed by atoms with Gasteiger partial charge in [0, 0.05) is 35.4 Å². The van der Waals surface area contributed by atoms with E-state index < -0.39 is 11.9 Å². The number of ether oxygens (including phenoxy) is 1. The molecular formula is C27H19Cl2FN8O. The van der Waals surface area contributed by atoms with E-state index in [0.717, 1.165) is 5.56 Å². The molecule has 1 atom stereocenters. The van der Waals surface area contributed by atoms with E-state index >= 15 is 0 Å². The summed E-state index contributed by atoms with van der Waals surface area (Å²) in [5.74, 6) is -0.542. The topological polar surface area (TPSA) is 114 Å². The van der Waals surface area contributed by atoms with Crippen LogP contribution in [-0.4, -0.2) is 38.2 Å². The fraction of sp³-hybridized carbons (Fsp3) is 0.148. The van der Waals surface area contributed by atoms with Gasteiger partial charge >= 0.3 is 0 Å². The zero-order valence-electron chi connectivity index (χ0n) is 20.1. The van der Waals surface area contributed by atoms with Gasteiger partial charge in [-0.05, 0) is 42.0 Å². The normalized spacial score (nSPS) is 14.0. The molecule has 0 spiro atoms. The molecule has 0 aliphatic carbocycles. The van der Waals surface area contributed by atoms with E-state index in [4.69, 9.17) is 27.9 Å². The molecule has 0 saturated carbocycles. The van der Waals surface area contributed by atoms with Crippen molar-refractivity contribution in [2.45, 2.75) is 12.1 Å². The van der Waals surface area contributed by atoms with Crippen molar-refractivity contribution in [3.05, 3.63) is 99.9 Å². The van der Waals surface area contributed by atoms with Crippen molar-refractivity contribution in [3.63, 3.8) is 0 Å². The second kappa shape index (κ2) is 10.5. The zero-order chi connectivity index (χ0) is 26.9. The number of rotatable bonds is 7. The van der Waals surface area contributed by atoms with E-state index in [9.17, 15) is 9.65 Å². The van der Waals surface area contributed by atoms with Gasteiger partial charge in [0.25, 0.3) is 0 Å². The highest BCUT2D eigenvalue weighted by Crippen LogP contribution is 2.37. The average molecular weight is 561 g/mol. The predicted octanol–water partition coefficient (Wildman–Crippen LogP) is 6.06. The first-order valence-corrected chi connectivity index (χ1v) is 12.7. The van der Waals surface area contributed by atoms with Crippen LogP contribution in [0.25, 0.3) is 10.9 Å². The lowest BCUT2D eigenvalue weighted by atomic mass is 10.0. The van der Waals surface area contributed by atoms with E-state index in [0.29, 0.717) is 51.9 Å². The Morgan fingerprint density at radius 2 is 1.95 bits per heavy atom. The SMILES string of the molecule is N#Cc1cnc2c(Cl)cc(N[C@@H](c3cccnc3)c3cn(C4COC4)nn3)cc2c1Nc1ccc(F)c(Cl)c1. The van der Waals surface area contributed by atoms with Crippen LogP contribution in [0.1, 0.15) is 28.9 Å². The summed E-state index contributed by atoms with van der Waals surface area (Å²) in [5.41, 5.74) is 3.95. The van der Waals surface area contributed by atoms with Crippen molar-refractivity contribution in [2.75, 3.05) is 23.8 Å². The molecule has 194 valence electrons. The molecule has 2 N–H and O–H groups in total. The number of hydrogen-bond donors (Lipinski definition) is 2. The van der Waals surface area contributed by atoms with E-state index in [1.807, 2.05) is 24.4 Å². The average Bonchev–Trinajstić information content (AvgIpc) is 3.38. The Labute approximate surface area is 232 Å². The van der Waals surface area contributed by atoms with Gasteiger partial charge in [-0.1, -0.05) is 34.5 Å². The summed E-state index contributed by atoms with van der Waals surface area (Å²) >= 11 is 12.7. The summed E-state index contributed by atoms with van der Waals surface area (Å²) in [5, 5.41) is 26.1. The van der Waals surface area contributed by atoms with Crippen LogP contribution in [0.5, 0.6) is 0 Å². The van der Waals surface area contributed by atoms with Gasteiger partial charge in [-0.3, -0.25) is 9.97 Å². The van der Waals surface area contributed by atoms with Crippen molar-refractivity contribution in [1.82, 2.24) is 25.0 Å². The Morgan fingerprint density at radius 1 is 1.10 bits per heavy atom. The number of nitrogens with one attached hydrogen (secondary N) is 2. The minimum Gasteiger partial charge on any atom is -0.377 e. The Kier molecular flexibility index (Phi) is 6.70. The van der Waals surface area contributed by atoms with Crippen LogP contribution in [0, 0.1) is 17.1 Å². The maximum Gasteiger partial charge on any atom is 0.141 e. The number of fused-ring (bicyclic) bond motifs is 1. The third-order valence-corrected chi connectivity index (χ3v) is 6.96. The smallest absolute Gasteiger partial charge is 0.141 e. The van der Waals surface area contributed by atoms with Crippen LogP contribution in [0.15, 0.2) is 67.3 Å². The highest BCUT2D eigenvalue weighted by atomic mass is 35.5. The first kappa shape index (κ1) is 25.0. The van der Waals surface area contributed by atoms with Gasteiger partial charge in [0.05, 0.1) is 52.3 Å². The highest BCUT2D eigenvalue weighted by molar-refractivity contribution is 6.36. The van der Waals surface area contributed by atoms with Crippen molar-refractivity contribution in [2.24, 2.45) is 0 Å². The summed E-state index contributed by atoms with van der Waals surface area (Å²) in [4.78, 5) is 8.68. The van der Waals surface area contributed by atoms with Gasteiger partial charge in [-0.25, -0.2) is 9.07 Å². The molecule has 0 radical (unpaired) electrons. The summed E-state index contributed by atoms with van der Waals surface area (Å²) in [6, 6.07) is 13.5. The molecule has 0 amide bonds. The zero-order valence-corrected chi connectivity index (χ0v) is 21.7. The molecule has 1 fully saturated rings. The lowest BCUT2D eigenvalue weighted by Crippen LogP contribution is -2.31. The fourth-order valence-electron chi connectivity index (χ4n) is 4.30. The largest absolute Gasteiger partial charge is 0.377 e. The second-order valence-electron chi connectivity index (χ2n) is 8.95. The molecular weight excluding hydrogens is 542 g/mol. The monoisotopic (exact) mass is 560 g/mol. The van der Waals surface area contributed by atoms with Crippen molar-refractivity contribution >= 4 is 51.2 Å². The predicted molar refractivity (Wildman–Crippen MR) is 146 cm³/mol. The van der Waals surface area contributed by atoms with Crippen LogP contribution in [0.4, 0.5) is 21.5 Å². The molecule has 4 heterocycles. The number of halogens is 3. The lowest BCUT2D eigenvalue weighted by Gasteiger charge is -2.25. The summed E-state index contributed by atoms with van der Waals surface area (Å²) in [6.45, 7) is 1.19. The maximum absolute atomic E-state index is 13.7. The standard InChI is InChI=1S/C27H19Cl2FN8O/c28-21-7-17(3-4-23(21)30)34-25-16(9-31)11-33-27-20(25)6-18(8-22(27)29)35-26(15-2-1-5-32-10-15)24-12-38(37-36-24)19-13-39-14-19/h1-8,10-12,19,26,35H,13-14H2,(H,33,34)/t26-/m0/s1. The third kappa shape index (κ3) is 4.95. The molecule has 9 nitrogen and oxygen atoms in total. The van der Waals surface area contributed by atoms with E-state index in [1.54, 1.807) is 23.1 Å². The van der Waals surface area contributed by atoms with Crippen LogP contribution in [-0.2, 0) is 4.74 Å². The number of nitriles is 1. The minimum absolute atomic E-state index is 0.0434. The molecule has 2 aromatic carbocycles. The van der Waals surface area contributed by atoms with Crippen LogP contribution in [0.2, 0.25) is 10.0 Å². The van der Waals surface area contributed by atoms with E-state index in [-0.39, 0.29) is 16.6 Å². The van der Waals surface area contributed by atoms with E-state index in [1.165, 1.54) is 24.4 Å². The molecule has 1 saturated heterocycles. The van der Waals surface area contributed by atoms with Gasteiger partial charge in [0.15, 0.2) is 0 Å². The summed E-state index contributed by atoms with van der Waals surface area (Å²) in [7, 11) is 0. The van der Waals surface area contributed by atoms with Gasteiger partial charge in [0.2, 0.25) is 0 Å². The Bertz CT molecular complexity index is 1720. The molecule has 0 bridgehead atoms. The van der Waals surface area contributed by atoms with E-state index in [2.05, 4.69) is 37.0 Å². The molecule has 5 aromatic rings. The number of nitrogens with zero attached hydrogens (tertiary/aromatic N) is 6. The number of hydrogen-bond acceptors (Lipinski definition) is 8. The number of aromatic nitrogens is 5. The third-order valence-electron chi connectivity index (χ3n) is 6.38. The highest BCUT2D eigenvalue weighted by Gasteiger charge is 2.25. The Hall–Kier alpha value is -4.30. The molecule has 6 rings (SSSR count). The molecule has 0 unspecified atom stereocenters. The summed E-state index contributed by atoms with van der Waals surface area (Å²) < 4.78 is 20.8. The minimum atomic E-state index is -0.542. The Morgan fingerprint density at radius 3 is 2.67 bits per heavy atom. The van der Waals surface area contributed by atoms with Crippen LogP contribution in [0.3, 0.4) is 0 Å². The molecule has 39 heavy (non-hydrogen) atoms. The number of benzene rings is 2. The molecule has 1 aliphatic heterocycles.